The average Bonchev–Trinajstić information content (AvgIpc) is 3.29. The minimum Gasteiger partial charge on any atom is -0.459 e. The van der Waals surface area contributed by atoms with Crippen molar-refractivity contribution in [2.24, 2.45) is 22.9 Å². The van der Waals surface area contributed by atoms with Gasteiger partial charge >= 0.3 is 12.2 Å². The summed E-state index contributed by atoms with van der Waals surface area (Å²) in [7, 11) is 0. The summed E-state index contributed by atoms with van der Waals surface area (Å²) in [5.41, 5.74) is 1.88. The molecule has 2 aliphatic heterocycles. The molecule has 0 radical (unpaired) electrons. The predicted molar refractivity (Wildman–Crippen MR) is 233 cm³/mol. The Morgan fingerprint density at radius 1 is 1.02 bits per heavy atom. The molecule has 64 heavy (non-hydrogen) atoms. The molecule has 18 heteroatoms. The van der Waals surface area contributed by atoms with Gasteiger partial charge in [-0.1, -0.05) is 30.1 Å². The first-order valence-corrected chi connectivity index (χ1v) is 22.4. The number of ether oxygens (including phenoxy) is 6. The summed E-state index contributed by atoms with van der Waals surface area (Å²) in [6.45, 7) is 6.37. The Kier molecular flexibility index (Phi) is 17.9. The van der Waals surface area contributed by atoms with E-state index in [0.717, 1.165) is 36.8 Å². The number of carbonyl (C=O) groups is 2. The fourth-order valence-electron chi connectivity index (χ4n) is 9.42. The molecule has 0 bridgehead atoms. The number of unbranched alkanes of at least 4 members (excludes halogenated alkanes) is 2. The highest BCUT2D eigenvalue weighted by atomic mass is 16.8. The van der Waals surface area contributed by atoms with Gasteiger partial charge < -0.3 is 53.9 Å². The molecule has 2 heterocycles. The van der Waals surface area contributed by atoms with Crippen LogP contribution in [0.5, 0.6) is 17.2 Å². The Balaban J connectivity index is 1.57. The summed E-state index contributed by atoms with van der Waals surface area (Å²) in [4.78, 5) is 46.1. The molecule has 7 atom stereocenters. The van der Waals surface area contributed by atoms with Gasteiger partial charge in [0.1, 0.15) is 23.3 Å². The standard InChI is InChI=1S/C46H62N4O14/c1-3-24-60-46-40(49(20-26-58-27-23-53)45(55)62-33-16-14-32(15-17-33)50(56)57)30-38(48-64-41-13-7-10-25-59-41)36-28-31(11-5-8-21-51)35(12-6-9-22-52)42(43(36)46)37-29-34(18-19-39(37)63-46)61-44(54)47-4-2/h3,14-19,28-29,31,35,40-43,51-53H,1,4-13,20-27,30H2,2H3,(H,47,54). The van der Waals surface area contributed by atoms with E-state index < -0.39 is 47.1 Å². The molecule has 4 aliphatic rings. The number of aliphatic hydroxyl groups is 3. The van der Waals surface area contributed by atoms with Crippen molar-refractivity contribution in [3.05, 3.63) is 82.4 Å². The van der Waals surface area contributed by atoms with Gasteiger partial charge in [0.2, 0.25) is 12.1 Å². The third kappa shape index (κ3) is 11.6. The second kappa shape index (κ2) is 23.7. The smallest absolute Gasteiger partial charge is 0.415 e. The van der Waals surface area contributed by atoms with Crippen LogP contribution in [0.1, 0.15) is 82.6 Å². The monoisotopic (exact) mass is 894 g/mol. The van der Waals surface area contributed by atoms with Crippen molar-refractivity contribution in [1.82, 2.24) is 10.2 Å². The first kappa shape index (κ1) is 48.3. The van der Waals surface area contributed by atoms with Crippen molar-refractivity contribution in [3.63, 3.8) is 0 Å². The number of amides is 2. The fourth-order valence-corrected chi connectivity index (χ4v) is 9.42. The van der Waals surface area contributed by atoms with Crippen LogP contribution in [0.15, 0.2) is 71.9 Å². The van der Waals surface area contributed by atoms with Crippen LogP contribution < -0.4 is 19.5 Å². The van der Waals surface area contributed by atoms with Gasteiger partial charge in [-0.05, 0) is 93.2 Å². The number of benzene rings is 2. The molecule has 0 spiro atoms. The van der Waals surface area contributed by atoms with Crippen molar-refractivity contribution in [2.45, 2.75) is 95.2 Å². The van der Waals surface area contributed by atoms with E-state index in [1.807, 2.05) is 6.07 Å². The van der Waals surface area contributed by atoms with Crippen LogP contribution in [-0.4, -0.2) is 120 Å². The van der Waals surface area contributed by atoms with Crippen LogP contribution in [-0.2, 0) is 19.0 Å². The summed E-state index contributed by atoms with van der Waals surface area (Å²) in [5, 5.41) is 48.4. The van der Waals surface area contributed by atoms with Gasteiger partial charge in [0.25, 0.3) is 5.69 Å². The normalized spacial score (nSPS) is 25.2. The second-order valence-electron chi connectivity index (χ2n) is 16.2. The molecule has 350 valence electrons. The highest BCUT2D eigenvalue weighted by molar-refractivity contribution is 6.03. The number of nitrogens with zero attached hydrogens (tertiary/aromatic N) is 3. The number of nitrogens with one attached hydrogen (secondary N) is 1. The number of allylic oxidation sites excluding steroid dienone is 1. The van der Waals surface area contributed by atoms with Gasteiger partial charge in [0.15, 0.2) is 0 Å². The largest absolute Gasteiger partial charge is 0.459 e. The molecule has 7 unspecified atom stereocenters. The fraction of sp³-hybridized carbons (Fsp3) is 0.587. The van der Waals surface area contributed by atoms with Gasteiger partial charge in [-0.2, -0.15) is 0 Å². The average molecular weight is 895 g/mol. The number of oxime groups is 1. The molecule has 0 aromatic heterocycles. The molecule has 6 rings (SSSR count). The van der Waals surface area contributed by atoms with E-state index in [0.29, 0.717) is 62.5 Å². The van der Waals surface area contributed by atoms with E-state index in [1.54, 1.807) is 25.1 Å². The zero-order chi connectivity index (χ0) is 45.5. The molecule has 2 aliphatic carbocycles. The summed E-state index contributed by atoms with van der Waals surface area (Å²) < 4.78 is 37.6. The van der Waals surface area contributed by atoms with Crippen molar-refractivity contribution in [3.8, 4) is 17.2 Å². The third-order valence-corrected chi connectivity index (χ3v) is 12.2. The van der Waals surface area contributed by atoms with Crippen LogP contribution in [0.3, 0.4) is 0 Å². The number of nitro groups is 1. The lowest BCUT2D eigenvalue weighted by molar-refractivity contribution is -0.384. The molecule has 2 fully saturated rings. The van der Waals surface area contributed by atoms with Gasteiger partial charge in [0.05, 0.1) is 49.6 Å². The van der Waals surface area contributed by atoms with E-state index in [1.165, 1.54) is 29.2 Å². The van der Waals surface area contributed by atoms with Crippen LogP contribution in [0.25, 0.3) is 0 Å². The van der Waals surface area contributed by atoms with Crippen molar-refractivity contribution >= 4 is 23.6 Å². The lowest BCUT2D eigenvalue weighted by Gasteiger charge is -2.59. The number of fused-ring (bicyclic) bond motifs is 2. The Bertz CT molecular complexity index is 1940. The SMILES string of the molecule is C=CCOC12Oc3ccc(OC(=O)NCC)cc3C3C(CCCCO)C(CCCCO)C=C(C(=NOC4CCCCO4)CC1N(CCOCCO)C(=O)Oc1ccc([N+](=O)[O-])cc1)C32. The Hall–Kier alpha value is -5.11. The minimum absolute atomic E-state index is 0.000960. The molecule has 2 aromatic rings. The van der Waals surface area contributed by atoms with Crippen molar-refractivity contribution in [2.75, 3.05) is 59.3 Å². The van der Waals surface area contributed by atoms with E-state index >= 15 is 0 Å². The summed E-state index contributed by atoms with van der Waals surface area (Å²) in [5.74, 6) is -2.13. The maximum Gasteiger partial charge on any atom is 0.415 e. The van der Waals surface area contributed by atoms with Crippen LogP contribution in [0.4, 0.5) is 15.3 Å². The van der Waals surface area contributed by atoms with E-state index in [-0.39, 0.29) is 75.9 Å². The highest BCUT2D eigenvalue weighted by Crippen LogP contribution is 2.62. The Labute approximate surface area is 373 Å². The van der Waals surface area contributed by atoms with Crippen molar-refractivity contribution < 1.29 is 63.1 Å². The molecule has 2 amide bonds. The summed E-state index contributed by atoms with van der Waals surface area (Å²) in [6, 6.07) is 9.35. The quantitative estimate of drug-likeness (QED) is 0.0411. The van der Waals surface area contributed by atoms with Gasteiger partial charge in [0, 0.05) is 62.8 Å². The second-order valence-corrected chi connectivity index (χ2v) is 16.2. The molecule has 1 saturated heterocycles. The lowest BCUT2D eigenvalue weighted by Crippen LogP contribution is -2.70. The molecule has 2 aromatic carbocycles. The topological polar surface area (TPSA) is 230 Å². The first-order chi connectivity index (χ1) is 31.2. The Morgan fingerprint density at radius 3 is 2.47 bits per heavy atom. The number of rotatable bonds is 23. The van der Waals surface area contributed by atoms with Crippen LogP contribution in [0, 0.1) is 27.9 Å². The number of aliphatic hydroxyl groups excluding tert-OH is 3. The zero-order valence-corrected chi connectivity index (χ0v) is 36.5. The highest BCUT2D eigenvalue weighted by Gasteiger charge is 2.65. The molecular weight excluding hydrogens is 833 g/mol. The van der Waals surface area contributed by atoms with Gasteiger partial charge in [-0.15, -0.1) is 6.58 Å². The van der Waals surface area contributed by atoms with Crippen LogP contribution >= 0.6 is 0 Å². The zero-order valence-electron chi connectivity index (χ0n) is 36.5. The van der Waals surface area contributed by atoms with Gasteiger partial charge in [-0.25, -0.2) is 9.59 Å². The maximum absolute atomic E-state index is 14.8. The first-order valence-electron chi connectivity index (χ1n) is 22.4. The van der Waals surface area contributed by atoms with Crippen molar-refractivity contribution in [1.29, 1.82) is 0 Å². The molecule has 18 nitrogen and oxygen atoms in total. The summed E-state index contributed by atoms with van der Waals surface area (Å²) >= 11 is 0. The number of carbonyl (C=O) groups excluding carboxylic acids is 2. The number of hydrogen-bond acceptors (Lipinski definition) is 15. The molecular formula is C46H62N4O14. The lowest BCUT2D eigenvalue weighted by atomic mass is 9.55. The number of hydrogen-bond donors (Lipinski definition) is 4. The Morgan fingerprint density at radius 2 is 1.78 bits per heavy atom. The minimum atomic E-state index is -1.66. The molecule has 1 saturated carbocycles. The maximum atomic E-state index is 14.8. The van der Waals surface area contributed by atoms with E-state index in [2.05, 4.69) is 18.0 Å². The van der Waals surface area contributed by atoms with Gasteiger partial charge in [-0.3, -0.25) is 15.0 Å². The van der Waals surface area contributed by atoms with E-state index in [9.17, 15) is 35.0 Å². The number of nitro benzene ring substituents is 1. The third-order valence-electron chi connectivity index (χ3n) is 12.2. The summed E-state index contributed by atoms with van der Waals surface area (Å²) in [6.07, 6.45) is 8.24. The van der Waals surface area contributed by atoms with E-state index in [4.69, 9.17) is 38.4 Å². The predicted octanol–water partition coefficient (Wildman–Crippen LogP) is 6.37. The van der Waals surface area contributed by atoms with Crippen LogP contribution in [0.2, 0.25) is 0 Å². The number of non-ortho nitro benzene ring substituents is 1. The molecule has 4 N–H and O–H groups in total.